The van der Waals surface area contributed by atoms with Gasteiger partial charge in [-0.25, -0.2) is 0 Å². The molecule has 32 heavy (non-hydrogen) atoms. The molecular formula is C29H38NO2+. The average Bonchev–Trinajstić information content (AvgIpc) is 2.73. The molecule has 2 aliphatic heterocycles. The van der Waals surface area contributed by atoms with Gasteiger partial charge >= 0.3 is 0 Å². The number of fused-ring (bicyclic) bond motifs is 3. The molecule has 0 radical (unpaired) electrons. The highest BCUT2D eigenvalue weighted by atomic mass is 16.5. The Labute approximate surface area is 194 Å². The second kappa shape index (κ2) is 8.58. The Morgan fingerprint density at radius 1 is 1.03 bits per heavy atom. The van der Waals surface area contributed by atoms with E-state index in [0.717, 1.165) is 41.7 Å². The van der Waals surface area contributed by atoms with E-state index in [-0.39, 0.29) is 11.7 Å². The van der Waals surface area contributed by atoms with Crippen LogP contribution in [0.15, 0.2) is 54.6 Å². The molecule has 0 aliphatic carbocycles. The quantitative estimate of drug-likeness (QED) is 0.427. The minimum Gasteiger partial charge on any atom is -0.487 e. The maximum absolute atomic E-state index is 6.77. The molecular weight excluding hydrogens is 394 g/mol. The molecule has 1 saturated heterocycles. The van der Waals surface area contributed by atoms with E-state index in [0.29, 0.717) is 12.0 Å². The summed E-state index contributed by atoms with van der Waals surface area (Å²) in [6.07, 6.45) is 2.01. The molecule has 3 nitrogen and oxygen atoms in total. The van der Waals surface area contributed by atoms with Gasteiger partial charge in [-0.05, 0) is 59.4 Å². The molecule has 3 heteroatoms. The third-order valence-corrected chi connectivity index (χ3v) is 7.60. The number of rotatable bonds is 4. The lowest BCUT2D eigenvalue weighted by atomic mass is 9.73. The predicted octanol–water partition coefficient (Wildman–Crippen LogP) is 6.14. The van der Waals surface area contributed by atoms with E-state index in [1.165, 1.54) is 5.56 Å². The summed E-state index contributed by atoms with van der Waals surface area (Å²) in [6, 6.07) is 19.5. The Morgan fingerprint density at radius 2 is 1.72 bits per heavy atom. The number of hydrogen-bond donors (Lipinski definition) is 0. The van der Waals surface area contributed by atoms with Crippen LogP contribution in [0.4, 0.5) is 0 Å². The van der Waals surface area contributed by atoms with E-state index in [9.17, 15) is 0 Å². The van der Waals surface area contributed by atoms with Gasteiger partial charge in [0, 0.05) is 17.0 Å². The molecule has 4 atom stereocenters. The summed E-state index contributed by atoms with van der Waals surface area (Å²) in [6.45, 7) is 12.9. The first-order valence-corrected chi connectivity index (χ1v) is 12.0. The molecule has 4 rings (SSSR count). The molecule has 0 aromatic heterocycles. The summed E-state index contributed by atoms with van der Waals surface area (Å²) in [5, 5.41) is 0. The van der Waals surface area contributed by atoms with Crippen LogP contribution in [-0.4, -0.2) is 35.3 Å². The monoisotopic (exact) mass is 432 g/mol. The Bertz CT molecular complexity index is 1000. The lowest BCUT2D eigenvalue weighted by Gasteiger charge is -2.50. The zero-order valence-corrected chi connectivity index (χ0v) is 20.5. The van der Waals surface area contributed by atoms with Crippen molar-refractivity contribution in [3.8, 4) is 17.6 Å². The fourth-order valence-corrected chi connectivity index (χ4v) is 5.08. The van der Waals surface area contributed by atoms with Crippen molar-refractivity contribution in [1.82, 2.24) is 0 Å². The second-order valence-electron chi connectivity index (χ2n) is 10.8. The number of benzene rings is 2. The van der Waals surface area contributed by atoms with Crippen molar-refractivity contribution in [3.63, 3.8) is 0 Å². The van der Waals surface area contributed by atoms with Crippen LogP contribution >= 0.6 is 0 Å². The summed E-state index contributed by atoms with van der Waals surface area (Å²) in [5.41, 5.74) is 1.85. The van der Waals surface area contributed by atoms with E-state index >= 15 is 0 Å². The van der Waals surface area contributed by atoms with Crippen LogP contribution in [0.2, 0.25) is 0 Å². The van der Waals surface area contributed by atoms with E-state index in [2.05, 4.69) is 102 Å². The fourth-order valence-electron chi connectivity index (χ4n) is 5.08. The van der Waals surface area contributed by atoms with Crippen molar-refractivity contribution >= 4 is 0 Å². The first kappa shape index (κ1) is 22.9. The van der Waals surface area contributed by atoms with Crippen molar-refractivity contribution in [1.29, 1.82) is 0 Å². The van der Waals surface area contributed by atoms with Crippen LogP contribution in [0.3, 0.4) is 0 Å². The summed E-state index contributed by atoms with van der Waals surface area (Å²) in [4.78, 5) is 0. The van der Waals surface area contributed by atoms with Crippen LogP contribution in [0.1, 0.15) is 64.7 Å². The van der Waals surface area contributed by atoms with E-state index in [1.807, 2.05) is 6.07 Å². The summed E-state index contributed by atoms with van der Waals surface area (Å²) in [5.74, 6) is 8.38. The second-order valence-corrected chi connectivity index (χ2v) is 10.8. The SMILES string of the molecule is CC(C)[N+](C)(CC#C[C@]1(C)CC[C@H]2[C@@H](O1)c1ccccc1OC2(C)C)Cc1ccccc1. The van der Waals surface area contributed by atoms with Crippen molar-refractivity contribution in [2.75, 3.05) is 13.6 Å². The minimum atomic E-state index is -0.434. The number of ether oxygens (including phenoxy) is 2. The van der Waals surface area contributed by atoms with Gasteiger partial charge in [0.2, 0.25) is 0 Å². The van der Waals surface area contributed by atoms with Crippen LogP contribution in [-0.2, 0) is 11.3 Å². The van der Waals surface area contributed by atoms with Gasteiger partial charge in [-0.1, -0.05) is 54.5 Å². The zero-order chi connectivity index (χ0) is 23.0. The Balaban J connectivity index is 1.53. The van der Waals surface area contributed by atoms with Gasteiger partial charge in [0.15, 0.2) is 0 Å². The topological polar surface area (TPSA) is 18.5 Å². The largest absolute Gasteiger partial charge is 0.487 e. The number of nitrogens with zero attached hydrogens (tertiary/aromatic N) is 1. The van der Waals surface area contributed by atoms with Gasteiger partial charge < -0.3 is 14.0 Å². The Hall–Kier alpha value is -2.28. The third kappa shape index (κ3) is 4.58. The fraction of sp³-hybridized carbons (Fsp3) is 0.517. The normalized spacial score (nSPS) is 27.8. The maximum Gasteiger partial charge on any atom is 0.141 e. The van der Waals surface area contributed by atoms with Crippen molar-refractivity contribution < 1.29 is 14.0 Å². The summed E-state index contributed by atoms with van der Waals surface area (Å²) >= 11 is 0. The van der Waals surface area contributed by atoms with Crippen LogP contribution in [0.5, 0.6) is 5.75 Å². The van der Waals surface area contributed by atoms with Gasteiger partial charge in [0.05, 0.1) is 19.2 Å². The van der Waals surface area contributed by atoms with Crippen LogP contribution < -0.4 is 4.74 Å². The Morgan fingerprint density at radius 3 is 2.44 bits per heavy atom. The highest BCUT2D eigenvalue weighted by Crippen LogP contribution is 2.52. The maximum atomic E-state index is 6.77. The summed E-state index contributed by atoms with van der Waals surface area (Å²) in [7, 11) is 2.31. The molecule has 2 aliphatic rings. The first-order chi connectivity index (χ1) is 15.1. The van der Waals surface area contributed by atoms with E-state index < -0.39 is 5.60 Å². The van der Waals surface area contributed by atoms with Crippen molar-refractivity contribution in [2.45, 2.75) is 77.4 Å². The first-order valence-electron chi connectivity index (χ1n) is 12.0. The molecule has 170 valence electrons. The molecule has 0 spiro atoms. The minimum absolute atomic E-state index is 0.0262. The van der Waals surface area contributed by atoms with E-state index in [1.54, 1.807) is 0 Å². The molecule has 2 aromatic rings. The number of para-hydroxylation sites is 1. The smallest absolute Gasteiger partial charge is 0.141 e. The van der Waals surface area contributed by atoms with Gasteiger partial charge in [-0.3, -0.25) is 0 Å². The third-order valence-electron chi connectivity index (χ3n) is 7.60. The molecule has 0 N–H and O–H groups in total. The molecule has 1 unspecified atom stereocenters. The predicted molar refractivity (Wildman–Crippen MR) is 130 cm³/mol. The molecule has 1 fully saturated rings. The lowest BCUT2D eigenvalue weighted by Crippen LogP contribution is -2.51. The van der Waals surface area contributed by atoms with Crippen molar-refractivity contribution in [2.24, 2.45) is 5.92 Å². The molecule has 0 bridgehead atoms. The van der Waals surface area contributed by atoms with Gasteiger partial charge in [0.1, 0.15) is 30.0 Å². The zero-order valence-electron chi connectivity index (χ0n) is 20.5. The molecule has 0 saturated carbocycles. The van der Waals surface area contributed by atoms with Gasteiger partial charge in [-0.15, -0.1) is 0 Å². The summed E-state index contributed by atoms with van der Waals surface area (Å²) < 4.78 is 14.0. The highest BCUT2D eigenvalue weighted by Gasteiger charge is 2.50. The van der Waals surface area contributed by atoms with Gasteiger partial charge in [0.25, 0.3) is 0 Å². The molecule has 2 aromatic carbocycles. The number of hydrogen-bond acceptors (Lipinski definition) is 2. The van der Waals surface area contributed by atoms with Crippen LogP contribution in [0.25, 0.3) is 0 Å². The van der Waals surface area contributed by atoms with Crippen molar-refractivity contribution in [3.05, 3.63) is 65.7 Å². The van der Waals surface area contributed by atoms with E-state index in [4.69, 9.17) is 9.47 Å². The Kier molecular flexibility index (Phi) is 6.14. The molecule has 2 heterocycles. The molecule has 0 amide bonds. The average molecular weight is 433 g/mol. The lowest BCUT2D eigenvalue weighted by molar-refractivity contribution is -0.936. The van der Waals surface area contributed by atoms with Crippen LogP contribution in [0, 0.1) is 17.8 Å². The highest BCUT2D eigenvalue weighted by molar-refractivity contribution is 5.39. The number of quaternary nitrogens is 1. The standard InChI is InChI=1S/C29H38NO2/c1-22(2)30(6,21-23-13-8-7-9-14-23)20-12-18-29(5)19-17-25-27(32-29)24-15-10-11-16-26(24)31-28(25,3)4/h7-11,13-16,22,25,27H,17,19-21H2,1-6H3/q+1/t25-,27-,29+,30?/m0/s1. The van der Waals surface area contributed by atoms with Gasteiger partial charge in [-0.2, -0.15) is 0 Å².